The molecule has 1 heterocycles. The van der Waals surface area contributed by atoms with Crippen LogP contribution in [0.3, 0.4) is 0 Å². The van der Waals surface area contributed by atoms with Gasteiger partial charge in [0.2, 0.25) is 12.7 Å². The van der Waals surface area contributed by atoms with E-state index in [0.717, 1.165) is 5.56 Å². The van der Waals surface area contributed by atoms with Gasteiger partial charge in [-0.15, -0.1) is 0 Å². The average Bonchev–Trinajstić information content (AvgIpc) is 3.11. The molecule has 1 aromatic carbocycles. The minimum atomic E-state index is -0.704. The Morgan fingerprint density at radius 3 is 2.75 bits per heavy atom. The molecule has 2 aliphatic rings. The number of alkyl carbamates (subject to hydrolysis) is 1. The summed E-state index contributed by atoms with van der Waals surface area (Å²) in [6.45, 7) is 2.12. The van der Waals surface area contributed by atoms with Gasteiger partial charge >= 0.3 is 6.09 Å². The van der Waals surface area contributed by atoms with Gasteiger partial charge in [0.1, 0.15) is 0 Å². The van der Waals surface area contributed by atoms with Gasteiger partial charge in [0.15, 0.2) is 11.5 Å². The molecule has 2 amide bonds. The number of carbonyl (C=O) groups is 2. The molecule has 0 radical (unpaired) electrons. The first-order valence-electron chi connectivity index (χ1n) is 6.54. The highest BCUT2D eigenvalue weighted by molar-refractivity contribution is 6.00. The highest BCUT2D eigenvalue weighted by Crippen LogP contribution is 2.50. The number of hydrogen-bond acceptors (Lipinski definition) is 5. The molecule has 0 saturated heterocycles. The molecule has 1 aromatic rings. The lowest BCUT2D eigenvalue weighted by molar-refractivity contribution is -0.122. The lowest BCUT2D eigenvalue weighted by atomic mass is 9.94. The number of amides is 2. The van der Waals surface area contributed by atoms with Crippen LogP contribution in [0.15, 0.2) is 18.2 Å². The fourth-order valence-electron chi connectivity index (χ4n) is 2.35. The molecule has 6 heteroatoms. The molecule has 20 heavy (non-hydrogen) atoms. The zero-order valence-corrected chi connectivity index (χ0v) is 11.1. The highest BCUT2D eigenvalue weighted by Gasteiger charge is 2.52. The summed E-state index contributed by atoms with van der Waals surface area (Å²) in [4.78, 5) is 23.6. The quantitative estimate of drug-likeness (QED) is 0.910. The lowest BCUT2D eigenvalue weighted by Crippen LogP contribution is -2.39. The maximum atomic E-state index is 12.2. The molecule has 1 aliphatic heterocycles. The Labute approximate surface area is 116 Å². The van der Waals surface area contributed by atoms with Gasteiger partial charge in [-0.05, 0) is 37.5 Å². The summed E-state index contributed by atoms with van der Waals surface area (Å²) in [6, 6.07) is 5.43. The topological polar surface area (TPSA) is 73.9 Å². The maximum absolute atomic E-state index is 12.2. The van der Waals surface area contributed by atoms with Crippen LogP contribution in [0.2, 0.25) is 0 Å². The minimum absolute atomic E-state index is 0.195. The fraction of sp³-hybridized carbons (Fsp3) is 0.429. The Hall–Kier alpha value is -2.24. The number of nitrogens with one attached hydrogen (secondary N) is 1. The van der Waals surface area contributed by atoms with E-state index in [0.29, 0.717) is 24.3 Å². The van der Waals surface area contributed by atoms with Crippen molar-refractivity contribution >= 4 is 12.0 Å². The van der Waals surface area contributed by atoms with E-state index >= 15 is 0 Å². The Morgan fingerprint density at radius 1 is 1.30 bits per heavy atom. The average molecular weight is 277 g/mol. The van der Waals surface area contributed by atoms with Gasteiger partial charge < -0.3 is 14.2 Å². The van der Waals surface area contributed by atoms with Crippen molar-refractivity contribution in [3.63, 3.8) is 0 Å². The van der Waals surface area contributed by atoms with Crippen LogP contribution in [0.1, 0.15) is 25.3 Å². The second kappa shape index (κ2) is 4.70. The van der Waals surface area contributed by atoms with Gasteiger partial charge in [-0.2, -0.15) is 0 Å². The standard InChI is InChI=1S/C14H15NO5/c1-2-18-13(17)15-12(16)14(5-6-14)9-3-4-10-11(7-9)20-8-19-10/h3-4,7H,2,5-6,8H2,1H3,(H,15,16,17). The largest absolute Gasteiger partial charge is 0.454 e. The fourth-order valence-corrected chi connectivity index (χ4v) is 2.35. The van der Waals surface area contributed by atoms with Crippen molar-refractivity contribution in [1.29, 1.82) is 0 Å². The predicted octanol–water partition coefficient (Wildman–Crippen LogP) is 1.72. The summed E-state index contributed by atoms with van der Waals surface area (Å²) < 4.78 is 15.3. The summed E-state index contributed by atoms with van der Waals surface area (Å²) in [7, 11) is 0. The van der Waals surface area contributed by atoms with Gasteiger partial charge in [0, 0.05) is 0 Å². The lowest BCUT2D eigenvalue weighted by Gasteiger charge is -2.15. The molecule has 1 N–H and O–H groups in total. The third kappa shape index (κ3) is 2.07. The Balaban J connectivity index is 1.78. The van der Waals surface area contributed by atoms with Gasteiger partial charge in [-0.1, -0.05) is 6.07 Å². The third-order valence-electron chi connectivity index (χ3n) is 3.60. The first kappa shape index (κ1) is 12.8. The monoisotopic (exact) mass is 277 g/mol. The van der Waals surface area contributed by atoms with Crippen LogP contribution in [0, 0.1) is 0 Å². The van der Waals surface area contributed by atoms with E-state index in [1.54, 1.807) is 19.1 Å². The zero-order valence-electron chi connectivity index (χ0n) is 11.1. The zero-order chi connectivity index (χ0) is 14.2. The van der Waals surface area contributed by atoms with Crippen LogP contribution >= 0.6 is 0 Å². The summed E-state index contributed by atoms with van der Waals surface area (Å²) >= 11 is 0. The molecule has 1 saturated carbocycles. The SMILES string of the molecule is CCOC(=O)NC(=O)C1(c2ccc3c(c2)OCO3)CC1. The third-order valence-corrected chi connectivity index (χ3v) is 3.60. The molecule has 1 aliphatic carbocycles. The smallest absolute Gasteiger partial charge is 0.413 e. The molecule has 6 nitrogen and oxygen atoms in total. The van der Waals surface area contributed by atoms with Crippen LogP contribution in [-0.2, 0) is 14.9 Å². The van der Waals surface area contributed by atoms with Crippen molar-refractivity contribution in [3.8, 4) is 11.5 Å². The maximum Gasteiger partial charge on any atom is 0.413 e. The van der Waals surface area contributed by atoms with Crippen molar-refractivity contribution in [2.45, 2.75) is 25.2 Å². The first-order chi connectivity index (χ1) is 9.65. The summed E-state index contributed by atoms with van der Waals surface area (Å²) in [5, 5.41) is 2.28. The van der Waals surface area contributed by atoms with E-state index in [1.807, 2.05) is 6.07 Å². The Morgan fingerprint density at radius 2 is 2.05 bits per heavy atom. The number of carbonyl (C=O) groups excluding carboxylic acids is 2. The molecule has 1 fully saturated rings. The van der Waals surface area contributed by atoms with Crippen molar-refractivity contribution in [2.75, 3.05) is 13.4 Å². The molecular weight excluding hydrogens is 262 g/mol. The van der Waals surface area contributed by atoms with Crippen molar-refractivity contribution in [2.24, 2.45) is 0 Å². The Bertz CT molecular complexity index is 565. The normalized spacial score (nSPS) is 17.4. The Kier molecular flexibility index (Phi) is 3.00. The van der Waals surface area contributed by atoms with E-state index in [4.69, 9.17) is 14.2 Å². The molecule has 0 bridgehead atoms. The minimum Gasteiger partial charge on any atom is -0.454 e. The van der Waals surface area contributed by atoms with Crippen molar-refractivity contribution in [3.05, 3.63) is 23.8 Å². The number of imide groups is 1. The molecule has 0 spiro atoms. The first-order valence-corrected chi connectivity index (χ1v) is 6.54. The van der Waals surface area contributed by atoms with Gasteiger partial charge in [-0.3, -0.25) is 10.1 Å². The van der Waals surface area contributed by atoms with E-state index in [9.17, 15) is 9.59 Å². The second-order valence-electron chi connectivity index (χ2n) is 4.82. The van der Waals surface area contributed by atoms with E-state index < -0.39 is 11.5 Å². The van der Waals surface area contributed by atoms with Crippen LogP contribution in [0.25, 0.3) is 0 Å². The summed E-state index contributed by atoms with van der Waals surface area (Å²) in [6.07, 6.45) is 0.708. The molecule has 0 atom stereocenters. The molecule has 0 aromatic heterocycles. The predicted molar refractivity (Wildman–Crippen MR) is 68.6 cm³/mol. The van der Waals surface area contributed by atoms with Crippen molar-refractivity contribution < 1.29 is 23.8 Å². The molecular formula is C14H15NO5. The van der Waals surface area contributed by atoms with Gasteiger partial charge in [0.05, 0.1) is 12.0 Å². The van der Waals surface area contributed by atoms with Crippen LogP contribution in [0.4, 0.5) is 4.79 Å². The number of rotatable bonds is 3. The number of ether oxygens (including phenoxy) is 3. The molecule has 0 unspecified atom stereocenters. The summed E-state index contributed by atoms with van der Waals surface area (Å²) in [5.74, 6) is 0.989. The highest BCUT2D eigenvalue weighted by atomic mass is 16.7. The van der Waals surface area contributed by atoms with Crippen molar-refractivity contribution in [1.82, 2.24) is 5.32 Å². The van der Waals surface area contributed by atoms with Crippen LogP contribution in [-0.4, -0.2) is 25.4 Å². The number of fused-ring (bicyclic) bond motifs is 1. The van der Waals surface area contributed by atoms with Gasteiger partial charge in [0.25, 0.3) is 0 Å². The second-order valence-corrected chi connectivity index (χ2v) is 4.82. The number of hydrogen-bond donors (Lipinski definition) is 1. The van der Waals surface area contributed by atoms with E-state index in [2.05, 4.69) is 5.32 Å². The molecule has 106 valence electrons. The van der Waals surface area contributed by atoms with Gasteiger partial charge in [-0.25, -0.2) is 4.79 Å². The van der Waals surface area contributed by atoms with Crippen LogP contribution < -0.4 is 14.8 Å². The molecule has 3 rings (SSSR count). The van der Waals surface area contributed by atoms with Crippen LogP contribution in [0.5, 0.6) is 11.5 Å². The summed E-state index contributed by atoms with van der Waals surface area (Å²) in [5.41, 5.74) is 0.192. The van der Waals surface area contributed by atoms with E-state index in [-0.39, 0.29) is 19.3 Å². The van der Waals surface area contributed by atoms with E-state index in [1.165, 1.54) is 0 Å². The number of benzene rings is 1.